The molecule has 0 aromatic rings. The number of nitrogens with two attached hydrogens (primary N) is 1. The van der Waals surface area contributed by atoms with Gasteiger partial charge in [0.2, 0.25) is 0 Å². The van der Waals surface area contributed by atoms with Crippen LogP contribution in [0.25, 0.3) is 0 Å². The second-order valence-electron chi connectivity index (χ2n) is 2.27. The van der Waals surface area contributed by atoms with Crippen molar-refractivity contribution < 1.29 is 9.90 Å². The van der Waals surface area contributed by atoms with E-state index in [9.17, 15) is 4.79 Å². The minimum absolute atomic E-state index is 0.0532. The Hall–Kier alpha value is -0.220. The molecule has 3 nitrogen and oxygen atoms in total. The van der Waals surface area contributed by atoms with Crippen LogP contribution in [0.2, 0.25) is 0 Å². The summed E-state index contributed by atoms with van der Waals surface area (Å²) in [6.45, 7) is 3.96. The molecule has 0 aromatic carbocycles. The monoisotopic (exact) mass is 177 g/mol. The van der Waals surface area contributed by atoms with E-state index in [1.54, 1.807) is 11.8 Å². The molecule has 0 saturated carbocycles. The highest BCUT2D eigenvalue weighted by Gasteiger charge is 2.21. The van der Waals surface area contributed by atoms with Crippen LogP contribution in [0, 0.1) is 0 Å². The number of hydrogen-bond acceptors (Lipinski definition) is 3. The highest BCUT2D eigenvalue weighted by Crippen LogP contribution is 2.16. The number of thioether (sulfide) groups is 1. The maximum atomic E-state index is 10.4. The Morgan fingerprint density at radius 2 is 2.18 bits per heavy atom. The maximum Gasteiger partial charge on any atom is 0.321 e. The summed E-state index contributed by atoms with van der Waals surface area (Å²) in [5, 5.41) is 8.63. The second kappa shape index (κ2) is 5.43. The van der Waals surface area contributed by atoms with E-state index in [-0.39, 0.29) is 5.25 Å². The Labute approximate surface area is 71.3 Å². The largest absolute Gasteiger partial charge is 0.480 e. The van der Waals surface area contributed by atoms with Gasteiger partial charge in [0.1, 0.15) is 6.04 Å². The molecule has 0 radical (unpaired) electrons. The predicted octanol–water partition coefficient (Wildman–Crippen LogP) is 0.930. The van der Waals surface area contributed by atoms with E-state index in [2.05, 4.69) is 0 Å². The van der Waals surface area contributed by atoms with Crippen LogP contribution in [0.4, 0.5) is 0 Å². The van der Waals surface area contributed by atoms with Gasteiger partial charge in [-0.2, -0.15) is 11.8 Å². The lowest BCUT2D eigenvalue weighted by Gasteiger charge is -2.17. The lowest BCUT2D eigenvalue weighted by Crippen LogP contribution is -2.39. The van der Waals surface area contributed by atoms with Gasteiger partial charge in [0.25, 0.3) is 0 Å². The van der Waals surface area contributed by atoms with E-state index in [1.807, 2.05) is 13.8 Å². The summed E-state index contributed by atoms with van der Waals surface area (Å²) in [6.07, 6.45) is 0.811. The van der Waals surface area contributed by atoms with Crippen molar-refractivity contribution in [3.8, 4) is 0 Å². The minimum Gasteiger partial charge on any atom is -0.480 e. The third-order valence-corrected chi connectivity index (χ3v) is 2.86. The van der Waals surface area contributed by atoms with Crippen molar-refractivity contribution in [1.29, 1.82) is 0 Å². The third kappa shape index (κ3) is 3.62. The van der Waals surface area contributed by atoms with Gasteiger partial charge < -0.3 is 10.8 Å². The Bertz CT molecular complexity index is 130. The fraction of sp³-hybridized carbons (Fsp3) is 0.857. The summed E-state index contributed by atoms with van der Waals surface area (Å²) < 4.78 is 0. The van der Waals surface area contributed by atoms with Crippen LogP contribution >= 0.6 is 11.8 Å². The van der Waals surface area contributed by atoms with Crippen LogP contribution in [0.1, 0.15) is 20.3 Å². The lowest BCUT2D eigenvalue weighted by atomic mass is 10.2. The number of carbonyl (C=O) groups is 1. The first-order chi connectivity index (χ1) is 5.13. The van der Waals surface area contributed by atoms with Crippen molar-refractivity contribution in [2.45, 2.75) is 31.6 Å². The summed E-state index contributed by atoms with van der Waals surface area (Å²) in [5.41, 5.74) is 5.44. The normalized spacial score (nSPS) is 15.9. The first-order valence-corrected chi connectivity index (χ1v) is 4.78. The second-order valence-corrected chi connectivity index (χ2v) is 3.78. The quantitative estimate of drug-likeness (QED) is 0.655. The molecule has 66 valence electrons. The molecule has 0 rings (SSSR count). The fourth-order valence-corrected chi connectivity index (χ4v) is 1.84. The number of carboxylic acid groups (broad SMARTS) is 1. The third-order valence-electron chi connectivity index (χ3n) is 1.47. The van der Waals surface area contributed by atoms with Crippen molar-refractivity contribution >= 4 is 17.7 Å². The number of aliphatic carboxylic acids is 1. The van der Waals surface area contributed by atoms with Gasteiger partial charge in [-0.3, -0.25) is 4.79 Å². The number of carboxylic acids is 1. The van der Waals surface area contributed by atoms with Crippen LogP contribution in [-0.4, -0.2) is 28.1 Å². The summed E-state index contributed by atoms with van der Waals surface area (Å²) in [4.78, 5) is 10.4. The molecule has 2 atom stereocenters. The zero-order valence-electron chi connectivity index (χ0n) is 6.91. The molecule has 3 N–H and O–H groups in total. The molecule has 0 aliphatic carbocycles. The Morgan fingerprint density at radius 1 is 1.64 bits per heavy atom. The van der Waals surface area contributed by atoms with Gasteiger partial charge in [0, 0.05) is 5.25 Å². The molecule has 0 saturated heterocycles. The van der Waals surface area contributed by atoms with E-state index >= 15 is 0 Å². The predicted molar refractivity (Wildman–Crippen MR) is 47.8 cm³/mol. The molecule has 0 amide bonds. The molecule has 0 spiro atoms. The van der Waals surface area contributed by atoms with E-state index in [0.717, 1.165) is 12.2 Å². The molecule has 11 heavy (non-hydrogen) atoms. The van der Waals surface area contributed by atoms with Gasteiger partial charge in [0.15, 0.2) is 0 Å². The summed E-state index contributed by atoms with van der Waals surface area (Å²) in [7, 11) is 0. The van der Waals surface area contributed by atoms with Crippen LogP contribution < -0.4 is 5.73 Å². The number of rotatable bonds is 5. The highest BCUT2D eigenvalue weighted by atomic mass is 32.2. The van der Waals surface area contributed by atoms with Gasteiger partial charge in [-0.05, 0) is 12.2 Å². The Morgan fingerprint density at radius 3 is 2.45 bits per heavy atom. The van der Waals surface area contributed by atoms with Crippen molar-refractivity contribution in [3.63, 3.8) is 0 Å². The first kappa shape index (κ1) is 10.8. The van der Waals surface area contributed by atoms with Crippen LogP contribution in [0.3, 0.4) is 0 Å². The Kier molecular flexibility index (Phi) is 5.32. The first-order valence-electron chi connectivity index (χ1n) is 3.73. The zero-order valence-corrected chi connectivity index (χ0v) is 7.73. The smallest absolute Gasteiger partial charge is 0.321 e. The molecule has 0 bridgehead atoms. The zero-order chi connectivity index (χ0) is 8.85. The summed E-state index contributed by atoms with van der Waals surface area (Å²) >= 11 is 1.61. The van der Waals surface area contributed by atoms with Gasteiger partial charge >= 0.3 is 5.97 Å². The van der Waals surface area contributed by atoms with Gasteiger partial charge in [-0.1, -0.05) is 13.8 Å². The van der Waals surface area contributed by atoms with E-state index < -0.39 is 12.0 Å². The molecule has 2 unspecified atom stereocenters. The van der Waals surface area contributed by atoms with E-state index in [1.165, 1.54) is 0 Å². The lowest BCUT2D eigenvalue weighted by molar-refractivity contribution is -0.138. The average molecular weight is 177 g/mol. The van der Waals surface area contributed by atoms with E-state index in [4.69, 9.17) is 10.8 Å². The van der Waals surface area contributed by atoms with Crippen molar-refractivity contribution in [1.82, 2.24) is 0 Å². The van der Waals surface area contributed by atoms with E-state index in [0.29, 0.717) is 0 Å². The molecule has 0 heterocycles. The molecule has 0 aliphatic rings. The van der Waals surface area contributed by atoms with Gasteiger partial charge in [-0.25, -0.2) is 0 Å². The molecule has 4 heteroatoms. The molecule has 0 fully saturated rings. The minimum atomic E-state index is -0.905. The summed E-state index contributed by atoms with van der Waals surface area (Å²) in [5.74, 6) is 0.0113. The van der Waals surface area contributed by atoms with Crippen molar-refractivity contribution in [2.24, 2.45) is 5.73 Å². The maximum absolute atomic E-state index is 10.4. The topological polar surface area (TPSA) is 63.3 Å². The van der Waals surface area contributed by atoms with Crippen molar-refractivity contribution in [2.75, 3.05) is 5.75 Å². The average Bonchev–Trinajstić information content (AvgIpc) is 1.98. The van der Waals surface area contributed by atoms with Gasteiger partial charge in [-0.15, -0.1) is 0 Å². The Balaban J connectivity index is 3.91. The van der Waals surface area contributed by atoms with Crippen LogP contribution in [-0.2, 0) is 4.79 Å². The van der Waals surface area contributed by atoms with Crippen LogP contribution in [0.5, 0.6) is 0 Å². The van der Waals surface area contributed by atoms with Crippen molar-refractivity contribution in [3.05, 3.63) is 0 Å². The molecule has 0 aliphatic heterocycles. The molecular weight excluding hydrogens is 162 g/mol. The highest BCUT2D eigenvalue weighted by molar-refractivity contribution is 7.99. The van der Waals surface area contributed by atoms with Crippen LogP contribution in [0.15, 0.2) is 0 Å². The molecule has 0 aromatic heterocycles. The molecular formula is C7H15NO2S. The number of hydrogen-bond donors (Lipinski definition) is 2. The summed E-state index contributed by atoms with van der Waals surface area (Å²) in [6, 6.07) is -0.718. The van der Waals surface area contributed by atoms with Gasteiger partial charge in [0.05, 0.1) is 0 Å². The fourth-order valence-electron chi connectivity index (χ4n) is 0.849. The standard InChI is InChI=1S/C7H15NO2S/c1-3-5(11-4-2)6(8)7(9)10/h5-6H,3-4,8H2,1-2H3,(H,9,10). The SMILES string of the molecule is CCSC(CC)C(N)C(=O)O.